The molecule has 17 heavy (non-hydrogen) atoms. The highest BCUT2D eigenvalue weighted by Gasteiger charge is 2.62. The van der Waals surface area contributed by atoms with E-state index in [9.17, 15) is 4.79 Å². The van der Waals surface area contributed by atoms with Crippen LogP contribution in [0.3, 0.4) is 0 Å². The van der Waals surface area contributed by atoms with Gasteiger partial charge < -0.3 is 4.90 Å². The monoisotopic (exact) mass is 271 g/mol. The Kier molecular flexibility index (Phi) is 2.91. The fraction of sp³-hybridized carbons (Fsp3) is 0.462. The molecule has 4 heteroatoms. The van der Waals surface area contributed by atoms with E-state index in [-0.39, 0.29) is 17.5 Å². The van der Waals surface area contributed by atoms with Crippen molar-refractivity contribution < 1.29 is 4.79 Å². The molecule has 0 radical (unpaired) electrons. The maximum atomic E-state index is 12.0. The highest BCUT2D eigenvalue weighted by molar-refractivity contribution is 6.60. The molecule has 2 rings (SSSR count). The Morgan fingerprint density at radius 1 is 1.18 bits per heavy atom. The molecule has 1 aliphatic heterocycles. The summed E-state index contributed by atoms with van der Waals surface area (Å²) < 4.78 is -1.34. The summed E-state index contributed by atoms with van der Waals surface area (Å²) in [6.45, 7) is 5.93. The standard InChI is InChI=1S/C13H15Cl2NO/c1-12(2,3)16-10(13(14,15)11(16)17)9-7-5-4-6-8-9/h4-8,10H,1-3H3/t10-/m0/s1. The Bertz CT molecular complexity index is 436. The summed E-state index contributed by atoms with van der Waals surface area (Å²) in [6.07, 6.45) is 0. The molecule has 1 aliphatic rings. The second-order valence-electron chi connectivity index (χ2n) is 5.28. The number of carbonyl (C=O) groups is 1. The fourth-order valence-electron chi connectivity index (χ4n) is 2.18. The zero-order valence-corrected chi connectivity index (χ0v) is 11.6. The lowest BCUT2D eigenvalue weighted by atomic mass is 9.87. The van der Waals surface area contributed by atoms with E-state index in [0.717, 1.165) is 5.56 Å². The van der Waals surface area contributed by atoms with E-state index in [1.165, 1.54) is 0 Å². The number of nitrogens with zero attached hydrogens (tertiary/aromatic N) is 1. The molecule has 0 unspecified atom stereocenters. The Balaban J connectivity index is 2.41. The summed E-state index contributed by atoms with van der Waals surface area (Å²) >= 11 is 12.3. The quantitative estimate of drug-likeness (QED) is 0.565. The lowest BCUT2D eigenvalue weighted by Gasteiger charge is -2.55. The fourth-order valence-corrected chi connectivity index (χ4v) is 2.81. The predicted octanol–water partition coefficient (Wildman–Crippen LogP) is 3.54. The van der Waals surface area contributed by atoms with Crippen LogP contribution < -0.4 is 0 Å². The Hall–Kier alpha value is -0.730. The minimum atomic E-state index is -1.34. The molecule has 1 fully saturated rings. The van der Waals surface area contributed by atoms with Gasteiger partial charge in [0, 0.05) is 5.54 Å². The molecule has 1 saturated heterocycles. The third-order valence-electron chi connectivity index (χ3n) is 2.94. The van der Waals surface area contributed by atoms with Crippen LogP contribution in [-0.2, 0) is 4.79 Å². The number of hydrogen-bond acceptors (Lipinski definition) is 1. The smallest absolute Gasteiger partial charge is 0.262 e. The molecule has 1 heterocycles. The summed E-state index contributed by atoms with van der Waals surface area (Å²) in [6, 6.07) is 9.37. The largest absolute Gasteiger partial charge is 0.325 e. The van der Waals surface area contributed by atoms with Gasteiger partial charge in [0.15, 0.2) is 0 Å². The van der Waals surface area contributed by atoms with E-state index in [4.69, 9.17) is 23.2 Å². The predicted molar refractivity (Wildman–Crippen MR) is 70.2 cm³/mol. The Labute approximate surface area is 112 Å². The molecule has 92 valence electrons. The summed E-state index contributed by atoms with van der Waals surface area (Å²) in [7, 11) is 0. The van der Waals surface area contributed by atoms with Gasteiger partial charge in [-0.15, -0.1) is 0 Å². The topological polar surface area (TPSA) is 20.3 Å². The summed E-state index contributed by atoms with van der Waals surface area (Å²) in [5.41, 5.74) is 0.678. The van der Waals surface area contributed by atoms with Crippen LogP contribution in [0.25, 0.3) is 0 Å². The van der Waals surface area contributed by atoms with Crippen LogP contribution in [0.1, 0.15) is 32.4 Å². The molecular formula is C13H15Cl2NO. The van der Waals surface area contributed by atoms with Crippen molar-refractivity contribution in [3.63, 3.8) is 0 Å². The summed E-state index contributed by atoms with van der Waals surface area (Å²) in [5.74, 6) is -0.220. The number of benzene rings is 1. The second-order valence-corrected chi connectivity index (χ2v) is 6.67. The number of likely N-dealkylation sites (tertiary alicyclic amines) is 1. The van der Waals surface area contributed by atoms with E-state index in [1.54, 1.807) is 4.90 Å². The van der Waals surface area contributed by atoms with Crippen molar-refractivity contribution in [2.75, 3.05) is 0 Å². The van der Waals surface area contributed by atoms with Gasteiger partial charge in [0.1, 0.15) is 0 Å². The lowest BCUT2D eigenvalue weighted by Crippen LogP contribution is -2.68. The molecular weight excluding hydrogens is 257 g/mol. The van der Waals surface area contributed by atoms with Gasteiger partial charge in [-0.3, -0.25) is 4.79 Å². The minimum absolute atomic E-state index is 0.220. The molecule has 0 aliphatic carbocycles. The van der Waals surface area contributed by atoms with Crippen LogP contribution in [0.15, 0.2) is 30.3 Å². The average molecular weight is 272 g/mol. The van der Waals surface area contributed by atoms with Crippen LogP contribution in [-0.4, -0.2) is 20.7 Å². The molecule has 1 aromatic carbocycles. The maximum absolute atomic E-state index is 12.0. The van der Waals surface area contributed by atoms with Crippen molar-refractivity contribution in [2.45, 2.75) is 36.7 Å². The van der Waals surface area contributed by atoms with Gasteiger partial charge in [-0.25, -0.2) is 0 Å². The highest BCUT2D eigenvalue weighted by atomic mass is 35.5. The van der Waals surface area contributed by atoms with E-state index in [2.05, 4.69) is 0 Å². The first-order valence-corrected chi connectivity index (χ1v) is 6.28. The number of hydrogen-bond donors (Lipinski definition) is 0. The first kappa shape index (κ1) is 12.7. The zero-order valence-electron chi connectivity index (χ0n) is 10.1. The Morgan fingerprint density at radius 2 is 1.71 bits per heavy atom. The van der Waals surface area contributed by atoms with Crippen molar-refractivity contribution in [1.29, 1.82) is 0 Å². The van der Waals surface area contributed by atoms with E-state index in [1.807, 2.05) is 51.1 Å². The van der Waals surface area contributed by atoms with E-state index in [0.29, 0.717) is 0 Å². The highest BCUT2D eigenvalue weighted by Crippen LogP contribution is 2.53. The van der Waals surface area contributed by atoms with Crippen LogP contribution in [0.4, 0.5) is 0 Å². The lowest BCUT2D eigenvalue weighted by molar-refractivity contribution is -0.156. The normalized spacial score (nSPS) is 23.5. The van der Waals surface area contributed by atoms with Gasteiger partial charge in [-0.05, 0) is 26.3 Å². The second kappa shape index (κ2) is 3.89. The van der Waals surface area contributed by atoms with Gasteiger partial charge in [0.2, 0.25) is 4.33 Å². The van der Waals surface area contributed by atoms with Crippen LogP contribution in [0, 0.1) is 0 Å². The summed E-state index contributed by atoms with van der Waals surface area (Å²) in [4.78, 5) is 13.7. The first-order valence-electron chi connectivity index (χ1n) is 5.53. The van der Waals surface area contributed by atoms with Crippen molar-refractivity contribution in [3.05, 3.63) is 35.9 Å². The minimum Gasteiger partial charge on any atom is -0.325 e. The van der Waals surface area contributed by atoms with Crippen LogP contribution in [0.2, 0.25) is 0 Å². The van der Waals surface area contributed by atoms with E-state index < -0.39 is 4.33 Å². The first-order chi connectivity index (χ1) is 7.76. The number of carbonyl (C=O) groups excluding carboxylic acids is 1. The molecule has 1 amide bonds. The van der Waals surface area contributed by atoms with Crippen molar-refractivity contribution in [3.8, 4) is 0 Å². The van der Waals surface area contributed by atoms with Gasteiger partial charge >= 0.3 is 0 Å². The number of alkyl halides is 2. The molecule has 0 N–H and O–H groups in total. The average Bonchev–Trinajstić information content (AvgIpc) is 2.24. The zero-order chi connectivity index (χ0) is 12.8. The summed E-state index contributed by atoms with van der Waals surface area (Å²) in [5, 5.41) is 0. The number of amides is 1. The molecule has 0 aromatic heterocycles. The molecule has 0 spiro atoms. The molecule has 0 bridgehead atoms. The SMILES string of the molecule is CC(C)(C)N1C(=O)C(Cl)(Cl)[C@@H]1c1ccccc1. The molecule has 0 saturated carbocycles. The molecule has 2 nitrogen and oxygen atoms in total. The van der Waals surface area contributed by atoms with Gasteiger partial charge in [-0.1, -0.05) is 53.5 Å². The third-order valence-corrected chi connectivity index (χ3v) is 3.68. The van der Waals surface area contributed by atoms with Gasteiger partial charge in [-0.2, -0.15) is 0 Å². The van der Waals surface area contributed by atoms with Gasteiger partial charge in [0.25, 0.3) is 5.91 Å². The van der Waals surface area contributed by atoms with Crippen LogP contribution >= 0.6 is 23.2 Å². The number of rotatable bonds is 1. The maximum Gasteiger partial charge on any atom is 0.262 e. The van der Waals surface area contributed by atoms with E-state index >= 15 is 0 Å². The molecule has 1 atom stereocenters. The van der Waals surface area contributed by atoms with Gasteiger partial charge in [0.05, 0.1) is 6.04 Å². The van der Waals surface area contributed by atoms with Crippen molar-refractivity contribution in [1.82, 2.24) is 4.90 Å². The molecule has 1 aromatic rings. The van der Waals surface area contributed by atoms with Crippen molar-refractivity contribution >= 4 is 29.1 Å². The van der Waals surface area contributed by atoms with Crippen LogP contribution in [0.5, 0.6) is 0 Å². The van der Waals surface area contributed by atoms with Crippen molar-refractivity contribution in [2.24, 2.45) is 0 Å². The Morgan fingerprint density at radius 3 is 2.18 bits per heavy atom. The third kappa shape index (κ3) is 1.94. The number of β-lactam (4-membered cyclic amide) rings is 1. The number of halogens is 2.